The third-order valence-electron chi connectivity index (χ3n) is 3.15. The molecule has 1 amide bonds. The number of nitrogens with one attached hydrogen (secondary N) is 1. The highest BCUT2D eigenvalue weighted by Gasteiger charge is 2.25. The van der Waals surface area contributed by atoms with Gasteiger partial charge in [0.2, 0.25) is 5.91 Å². The third kappa shape index (κ3) is 4.02. The van der Waals surface area contributed by atoms with Gasteiger partial charge in [0, 0.05) is 27.9 Å². The molecule has 0 saturated carbocycles. The maximum absolute atomic E-state index is 12.3. The van der Waals surface area contributed by atoms with Crippen LogP contribution in [0.1, 0.15) is 23.8 Å². The summed E-state index contributed by atoms with van der Waals surface area (Å²) in [5.74, 6) is 0.0369. The van der Waals surface area contributed by atoms with Gasteiger partial charge >= 0.3 is 0 Å². The molecule has 1 aromatic heterocycles. The standard InChI is InChI=1S/C13H19BrN2O2S/c1-16(2)12(11-6-9(14)8-19-11)13(17)15-7-10-4-3-5-18-10/h6,8,10,12H,3-5,7H2,1-2H3,(H,15,17). The fourth-order valence-electron chi connectivity index (χ4n) is 2.21. The van der Waals surface area contributed by atoms with Crippen LogP contribution in [0.15, 0.2) is 15.9 Å². The molecule has 4 nitrogen and oxygen atoms in total. The van der Waals surface area contributed by atoms with E-state index in [1.807, 2.05) is 30.4 Å². The van der Waals surface area contributed by atoms with Gasteiger partial charge in [-0.15, -0.1) is 11.3 Å². The van der Waals surface area contributed by atoms with Crippen molar-refractivity contribution >= 4 is 33.2 Å². The summed E-state index contributed by atoms with van der Waals surface area (Å²) in [6, 6.07) is 1.76. The first kappa shape index (κ1) is 15.0. The number of nitrogens with zero attached hydrogens (tertiary/aromatic N) is 1. The maximum Gasteiger partial charge on any atom is 0.242 e. The molecule has 1 N–H and O–H groups in total. The monoisotopic (exact) mass is 346 g/mol. The van der Waals surface area contributed by atoms with Gasteiger partial charge < -0.3 is 10.1 Å². The Morgan fingerprint density at radius 2 is 2.47 bits per heavy atom. The van der Waals surface area contributed by atoms with Crippen LogP contribution in [0.4, 0.5) is 0 Å². The maximum atomic E-state index is 12.3. The van der Waals surface area contributed by atoms with Crippen molar-refractivity contribution in [3.63, 3.8) is 0 Å². The summed E-state index contributed by atoms with van der Waals surface area (Å²) in [5, 5.41) is 5.00. The predicted molar refractivity (Wildman–Crippen MR) is 80.4 cm³/mol. The first-order valence-corrected chi connectivity index (χ1v) is 8.05. The summed E-state index contributed by atoms with van der Waals surface area (Å²) >= 11 is 5.02. The van der Waals surface area contributed by atoms with Crippen molar-refractivity contribution in [2.45, 2.75) is 25.0 Å². The molecule has 1 fully saturated rings. The Balaban J connectivity index is 1.96. The second-order valence-electron chi connectivity index (χ2n) is 4.91. The lowest BCUT2D eigenvalue weighted by Gasteiger charge is -2.23. The first-order valence-electron chi connectivity index (χ1n) is 6.37. The highest BCUT2D eigenvalue weighted by molar-refractivity contribution is 9.10. The molecule has 1 saturated heterocycles. The molecule has 1 aromatic rings. The summed E-state index contributed by atoms with van der Waals surface area (Å²) < 4.78 is 6.54. The molecule has 0 radical (unpaired) electrons. The molecule has 2 heterocycles. The normalized spacial score (nSPS) is 20.7. The third-order valence-corrected chi connectivity index (χ3v) is 4.90. The van der Waals surface area contributed by atoms with E-state index in [1.165, 1.54) is 0 Å². The van der Waals surface area contributed by atoms with Crippen LogP contribution in [0.3, 0.4) is 0 Å². The van der Waals surface area contributed by atoms with Gasteiger partial charge in [0.05, 0.1) is 6.10 Å². The molecule has 6 heteroatoms. The van der Waals surface area contributed by atoms with E-state index in [9.17, 15) is 4.79 Å². The Morgan fingerprint density at radius 3 is 3.00 bits per heavy atom. The number of hydrogen-bond acceptors (Lipinski definition) is 4. The van der Waals surface area contributed by atoms with Crippen molar-refractivity contribution in [2.24, 2.45) is 0 Å². The molecular formula is C13H19BrN2O2S. The Morgan fingerprint density at radius 1 is 1.68 bits per heavy atom. The largest absolute Gasteiger partial charge is 0.376 e. The van der Waals surface area contributed by atoms with Gasteiger partial charge in [-0.2, -0.15) is 0 Å². The number of amides is 1. The molecule has 2 atom stereocenters. The lowest BCUT2D eigenvalue weighted by atomic mass is 10.2. The smallest absolute Gasteiger partial charge is 0.242 e. The minimum Gasteiger partial charge on any atom is -0.376 e. The van der Waals surface area contributed by atoms with Gasteiger partial charge in [0.15, 0.2) is 0 Å². The molecule has 1 aliphatic heterocycles. The zero-order valence-corrected chi connectivity index (χ0v) is 13.6. The summed E-state index contributed by atoms with van der Waals surface area (Å²) in [5.41, 5.74) is 0. The van der Waals surface area contributed by atoms with E-state index in [1.54, 1.807) is 11.3 Å². The van der Waals surface area contributed by atoms with Crippen LogP contribution in [-0.2, 0) is 9.53 Å². The van der Waals surface area contributed by atoms with Crippen molar-refractivity contribution in [2.75, 3.05) is 27.2 Å². The topological polar surface area (TPSA) is 41.6 Å². The van der Waals surface area contributed by atoms with Crippen LogP contribution in [0, 0.1) is 0 Å². The lowest BCUT2D eigenvalue weighted by Crippen LogP contribution is -2.39. The number of thiophene rings is 1. The summed E-state index contributed by atoms with van der Waals surface area (Å²) in [4.78, 5) is 15.3. The molecule has 0 aliphatic carbocycles. The molecule has 2 unspecified atom stereocenters. The van der Waals surface area contributed by atoms with Crippen LogP contribution < -0.4 is 5.32 Å². The van der Waals surface area contributed by atoms with Crippen LogP contribution in [0.5, 0.6) is 0 Å². The first-order chi connectivity index (χ1) is 9.08. The molecule has 1 aliphatic rings. The summed E-state index contributed by atoms with van der Waals surface area (Å²) in [6.45, 7) is 1.42. The quantitative estimate of drug-likeness (QED) is 0.889. The van der Waals surface area contributed by atoms with Crippen molar-refractivity contribution in [3.05, 3.63) is 20.8 Å². The predicted octanol–water partition coefficient (Wildman–Crippen LogP) is 2.41. The van der Waals surface area contributed by atoms with Gasteiger partial charge in [0.25, 0.3) is 0 Å². The number of hydrogen-bond donors (Lipinski definition) is 1. The summed E-state index contributed by atoms with van der Waals surface area (Å²) in [6.07, 6.45) is 2.31. The van der Waals surface area contributed by atoms with E-state index < -0.39 is 0 Å². The van der Waals surface area contributed by atoms with Gasteiger partial charge in [-0.1, -0.05) is 0 Å². The van der Waals surface area contributed by atoms with E-state index in [0.717, 1.165) is 28.8 Å². The second kappa shape index (κ2) is 6.83. The van der Waals surface area contributed by atoms with Crippen molar-refractivity contribution in [1.29, 1.82) is 0 Å². The van der Waals surface area contributed by atoms with Gasteiger partial charge in [0.1, 0.15) is 6.04 Å². The van der Waals surface area contributed by atoms with Gasteiger partial charge in [-0.25, -0.2) is 0 Å². The van der Waals surface area contributed by atoms with Gasteiger partial charge in [-0.05, 0) is 48.9 Å². The molecule has 19 heavy (non-hydrogen) atoms. The van der Waals surface area contributed by atoms with Crippen molar-refractivity contribution in [3.8, 4) is 0 Å². The molecule has 0 bridgehead atoms. The zero-order valence-electron chi connectivity index (χ0n) is 11.2. The average Bonchev–Trinajstić information content (AvgIpc) is 2.98. The number of carbonyl (C=O) groups excluding carboxylic acids is 1. The van der Waals surface area contributed by atoms with Gasteiger partial charge in [-0.3, -0.25) is 9.69 Å². The Labute approximate surface area is 126 Å². The van der Waals surface area contributed by atoms with E-state index >= 15 is 0 Å². The molecule has 0 aromatic carbocycles. The fraction of sp³-hybridized carbons (Fsp3) is 0.615. The fourth-order valence-corrected chi connectivity index (χ4v) is 3.84. The SMILES string of the molecule is CN(C)C(C(=O)NCC1CCCO1)c1cc(Br)cs1. The molecular weight excluding hydrogens is 328 g/mol. The highest BCUT2D eigenvalue weighted by Crippen LogP contribution is 2.28. The second-order valence-corrected chi connectivity index (χ2v) is 6.77. The van der Waals surface area contributed by atoms with Crippen molar-refractivity contribution in [1.82, 2.24) is 10.2 Å². The molecule has 2 rings (SSSR count). The number of carbonyl (C=O) groups is 1. The minimum atomic E-state index is -0.238. The number of ether oxygens (including phenoxy) is 1. The average molecular weight is 347 g/mol. The summed E-state index contributed by atoms with van der Waals surface area (Å²) in [7, 11) is 3.84. The van der Waals surface area contributed by atoms with Crippen LogP contribution in [-0.4, -0.2) is 44.2 Å². The van der Waals surface area contributed by atoms with E-state index in [2.05, 4.69) is 21.2 Å². The number of halogens is 1. The lowest BCUT2D eigenvalue weighted by molar-refractivity contribution is -0.126. The van der Waals surface area contributed by atoms with E-state index in [0.29, 0.717) is 6.54 Å². The Bertz CT molecular complexity index is 430. The van der Waals surface area contributed by atoms with E-state index in [4.69, 9.17) is 4.74 Å². The van der Waals surface area contributed by atoms with E-state index in [-0.39, 0.29) is 18.1 Å². The zero-order chi connectivity index (χ0) is 13.8. The molecule has 106 valence electrons. The Kier molecular flexibility index (Phi) is 5.38. The number of likely N-dealkylation sites (N-methyl/N-ethyl adjacent to an activating group) is 1. The van der Waals surface area contributed by atoms with Crippen molar-refractivity contribution < 1.29 is 9.53 Å². The highest BCUT2D eigenvalue weighted by atomic mass is 79.9. The Hall–Kier alpha value is -0.430. The molecule has 0 spiro atoms. The van der Waals surface area contributed by atoms with Crippen LogP contribution >= 0.6 is 27.3 Å². The van der Waals surface area contributed by atoms with Crippen LogP contribution in [0.25, 0.3) is 0 Å². The van der Waals surface area contributed by atoms with Crippen LogP contribution in [0.2, 0.25) is 0 Å². The minimum absolute atomic E-state index is 0.0369. The number of rotatable bonds is 5.